The summed E-state index contributed by atoms with van der Waals surface area (Å²) in [6.45, 7) is 2.46. The van der Waals surface area contributed by atoms with Gasteiger partial charge in [0.05, 0.1) is 11.9 Å². The van der Waals surface area contributed by atoms with E-state index in [0.29, 0.717) is 29.9 Å². The molecule has 28 heavy (non-hydrogen) atoms. The SMILES string of the molecule is Cc1ccccc1-n1c(NCCc2cccc(F)c2)nc2c(cnn2C)c1=O. The molecule has 0 fully saturated rings. The first-order valence-electron chi connectivity index (χ1n) is 9.03. The van der Waals surface area contributed by atoms with E-state index in [4.69, 9.17) is 0 Å². The standard InChI is InChI=1S/C21H20FN5O/c1-14-6-3-4-9-18(14)27-20(28)17-13-24-26(2)19(17)25-21(27)23-11-10-15-7-5-8-16(22)12-15/h3-9,12-13H,10-11H2,1-2H3,(H,23,25). The van der Waals surface area contributed by atoms with Gasteiger partial charge in [0, 0.05) is 13.6 Å². The number of halogens is 1. The summed E-state index contributed by atoms with van der Waals surface area (Å²) in [5.41, 5.74) is 2.93. The number of benzene rings is 2. The van der Waals surface area contributed by atoms with Gasteiger partial charge in [0.15, 0.2) is 5.65 Å². The van der Waals surface area contributed by atoms with E-state index in [9.17, 15) is 9.18 Å². The molecule has 2 aromatic heterocycles. The normalized spacial score (nSPS) is 11.1. The number of hydrogen-bond acceptors (Lipinski definition) is 4. The van der Waals surface area contributed by atoms with Crippen molar-refractivity contribution >= 4 is 17.0 Å². The first-order chi connectivity index (χ1) is 13.5. The van der Waals surface area contributed by atoms with Crippen LogP contribution in [-0.2, 0) is 13.5 Å². The van der Waals surface area contributed by atoms with Crippen molar-refractivity contribution in [1.82, 2.24) is 19.3 Å². The zero-order valence-corrected chi connectivity index (χ0v) is 15.7. The van der Waals surface area contributed by atoms with Crippen LogP contribution in [0.5, 0.6) is 0 Å². The molecule has 0 saturated carbocycles. The van der Waals surface area contributed by atoms with Gasteiger partial charge in [0.1, 0.15) is 11.2 Å². The van der Waals surface area contributed by atoms with E-state index in [1.54, 1.807) is 22.4 Å². The smallest absolute Gasteiger partial charge is 0.270 e. The fraction of sp³-hybridized carbons (Fsp3) is 0.190. The third kappa shape index (κ3) is 3.26. The number of para-hydroxylation sites is 1. The van der Waals surface area contributed by atoms with Crippen molar-refractivity contribution in [1.29, 1.82) is 0 Å². The second-order valence-corrected chi connectivity index (χ2v) is 6.67. The van der Waals surface area contributed by atoms with Gasteiger partial charge in [-0.2, -0.15) is 10.1 Å². The van der Waals surface area contributed by atoms with Crippen LogP contribution in [0.15, 0.2) is 59.5 Å². The van der Waals surface area contributed by atoms with Crippen molar-refractivity contribution in [3.05, 3.63) is 82.0 Å². The Balaban J connectivity index is 1.75. The Morgan fingerprint density at radius 3 is 2.75 bits per heavy atom. The van der Waals surface area contributed by atoms with E-state index in [0.717, 1.165) is 16.8 Å². The third-order valence-electron chi connectivity index (χ3n) is 4.71. The Hall–Kier alpha value is -3.48. The average molecular weight is 377 g/mol. The fourth-order valence-corrected chi connectivity index (χ4v) is 3.25. The van der Waals surface area contributed by atoms with Gasteiger partial charge >= 0.3 is 0 Å². The molecule has 2 aromatic carbocycles. The highest BCUT2D eigenvalue weighted by molar-refractivity contribution is 5.75. The quantitative estimate of drug-likeness (QED) is 0.580. The summed E-state index contributed by atoms with van der Waals surface area (Å²) in [5.74, 6) is 0.176. The van der Waals surface area contributed by atoms with E-state index < -0.39 is 0 Å². The van der Waals surface area contributed by atoms with E-state index >= 15 is 0 Å². The first kappa shape index (κ1) is 17.9. The lowest BCUT2D eigenvalue weighted by atomic mass is 10.1. The van der Waals surface area contributed by atoms with Gasteiger partial charge in [-0.25, -0.2) is 8.96 Å². The van der Waals surface area contributed by atoms with Crippen molar-refractivity contribution < 1.29 is 4.39 Å². The molecule has 0 bridgehead atoms. The number of nitrogens with zero attached hydrogens (tertiary/aromatic N) is 4. The molecule has 7 heteroatoms. The molecule has 4 rings (SSSR count). The predicted molar refractivity (Wildman–Crippen MR) is 107 cm³/mol. The summed E-state index contributed by atoms with van der Waals surface area (Å²) < 4.78 is 16.6. The summed E-state index contributed by atoms with van der Waals surface area (Å²) in [5, 5.41) is 7.87. The lowest BCUT2D eigenvalue weighted by Crippen LogP contribution is -2.25. The van der Waals surface area contributed by atoms with Crippen LogP contribution in [0.3, 0.4) is 0 Å². The topological polar surface area (TPSA) is 64.7 Å². The summed E-state index contributed by atoms with van der Waals surface area (Å²) >= 11 is 0. The first-order valence-corrected chi connectivity index (χ1v) is 9.03. The van der Waals surface area contributed by atoms with Crippen molar-refractivity contribution in [3.63, 3.8) is 0 Å². The van der Waals surface area contributed by atoms with Crippen molar-refractivity contribution in [3.8, 4) is 5.69 Å². The molecule has 0 unspecified atom stereocenters. The lowest BCUT2D eigenvalue weighted by molar-refractivity contribution is 0.625. The lowest BCUT2D eigenvalue weighted by Gasteiger charge is -2.16. The van der Waals surface area contributed by atoms with Crippen LogP contribution < -0.4 is 10.9 Å². The van der Waals surface area contributed by atoms with Crippen molar-refractivity contribution in [2.45, 2.75) is 13.3 Å². The Kier molecular flexibility index (Phi) is 4.65. The number of anilines is 1. The van der Waals surface area contributed by atoms with E-state index in [2.05, 4.69) is 15.4 Å². The van der Waals surface area contributed by atoms with Crippen LogP contribution in [0.1, 0.15) is 11.1 Å². The highest BCUT2D eigenvalue weighted by Gasteiger charge is 2.16. The van der Waals surface area contributed by atoms with Gasteiger partial charge in [-0.1, -0.05) is 30.3 Å². The molecule has 0 spiro atoms. The maximum absolute atomic E-state index is 13.4. The number of nitrogens with one attached hydrogen (secondary N) is 1. The van der Waals surface area contributed by atoms with Gasteiger partial charge in [0.2, 0.25) is 5.95 Å². The van der Waals surface area contributed by atoms with Crippen LogP contribution in [0.2, 0.25) is 0 Å². The van der Waals surface area contributed by atoms with Crippen molar-refractivity contribution in [2.24, 2.45) is 7.05 Å². The summed E-state index contributed by atoms with van der Waals surface area (Å²) in [6.07, 6.45) is 2.14. The highest BCUT2D eigenvalue weighted by Crippen LogP contribution is 2.18. The Morgan fingerprint density at radius 1 is 1.14 bits per heavy atom. The van der Waals surface area contributed by atoms with Crippen LogP contribution in [-0.4, -0.2) is 25.9 Å². The van der Waals surface area contributed by atoms with Crippen molar-refractivity contribution in [2.75, 3.05) is 11.9 Å². The second kappa shape index (κ2) is 7.26. The van der Waals surface area contributed by atoms with E-state index in [-0.39, 0.29) is 11.4 Å². The zero-order chi connectivity index (χ0) is 19.7. The number of aryl methyl sites for hydroxylation is 2. The molecule has 0 aliphatic carbocycles. The van der Waals surface area contributed by atoms with E-state index in [1.165, 1.54) is 18.3 Å². The van der Waals surface area contributed by atoms with Crippen LogP contribution in [0.4, 0.5) is 10.3 Å². The Bertz CT molecular complexity index is 1210. The molecule has 0 radical (unpaired) electrons. The van der Waals surface area contributed by atoms with E-state index in [1.807, 2.05) is 37.3 Å². The van der Waals surface area contributed by atoms with Gasteiger partial charge in [0.25, 0.3) is 5.56 Å². The van der Waals surface area contributed by atoms with Gasteiger partial charge in [-0.05, 0) is 42.7 Å². The summed E-state index contributed by atoms with van der Waals surface area (Å²) in [6, 6.07) is 14.1. The number of fused-ring (bicyclic) bond motifs is 1. The maximum atomic E-state index is 13.4. The number of hydrogen-bond donors (Lipinski definition) is 1. The number of rotatable bonds is 5. The largest absolute Gasteiger partial charge is 0.355 e. The number of aromatic nitrogens is 4. The minimum Gasteiger partial charge on any atom is -0.355 e. The molecule has 4 aromatic rings. The minimum absolute atomic E-state index is 0.180. The van der Waals surface area contributed by atoms with Gasteiger partial charge in [-0.15, -0.1) is 0 Å². The molecule has 1 N–H and O–H groups in total. The maximum Gasteiger partial charge on any atom is 0.270 e. The van der Waals surface area contributed by atoms with Gasteiger partial charge < -0.3 is 5.32 Å². The third-order valence-corrected chi connectivity index (χ3v) is 4.71. The zero-order valence-electron chi connectivity index (χ0n) is 15.7. The predicted octanol–water partition coefficient (Wildman–Crippen LogP) is 3.22. The highest BCUT2D eigenvalue weighted by atomic mass is 19.1. The van der Waals surface area contributed by atoms with Gasteiger partial charge in [-0.3, -0.25) is 9.48 Å². The monoisotopic (exact) mass is 377 g/mol. The molecule has 0 amide bonds. The molecule has 0 aliphatic rings. The Labute approximate surface area is 161 Å². The Morgan fingerprint density at radius 2 is 1.96 bits per heavy atom. The van der Waals surface area contributed by atoms with Crippen LogP contribution in [0.25, 0.3) is 16.7 Å². The van der Waals surface area contributed by atoms with Crippen LogP contribution >= 0.6 is 0 Å². The molecule has 0 atom stereocenters. The summed E-state index contributed by atoms with van der Waals surface area (Å²) in [4.78, 5) is 17.8. The molecule has 6 nitrogen and oxygen atoms in total. The summed E-state index contributed by atoms with van der Waals surface area (Å²) in [7, 11) is 1.75. The minimum atomic E-state index is -0.260. The molecular weight excluding hydrogens is 357 g/mol. The fourth-order valence-electron chi connectivity index (χ4n) is 3.25. The average Bonchev–Trinajstić information content (AvgIpc) is 3.04. The molecule has 142 valence electrons. The van der Waals surface area contributed by atoms with Crippen LogP contribution in [0, 0.1) is 12.7 Å². The molecule has 2 heterocycles. The molecule has 0 aliphatic heterocycles. The molecule has 0 saturated heterocycles. The molecular formula is C21H20FN5O. The second-order valence-electron chi connectivity index (χ2n) is 6.67.